The zero-order valence-corrected chi connectivity index (χ0v) is 11.2. The lowest BCUT2D eigenvalue weighted by atomic mass is 9.86. The number of aliphatic hydroxyl groups excluding tert-OH is 1. The van der Waals surface area contributed by atoms with Gasteiger partial charge in [0.25, 0.3) is 0 Å². The maximum Gasteiger partial charge on any atom is 0.237 e. The second-order valence-electron chi connectivity index (χ2n) is 5.17. The first kappa shape index (κ1) is 13.7. The lowest BCUT2D eigenvalue weighted by molar-refractivity contribution is -0.130. The van der Waals surface area contributed by atoms with Gasteiger partial charge in [-0.15, -0.1) is 0 Å². The number of aliphatic hydroxyl groups is 1. The Labute approximate surface area is 107 Å². The highest BCUT2D eigenvalue weighted by molar-refractivity contribution is 7.88. The molecule has 2 aliphatic rings. The zero-order valence-electron chi connectivity index (χ0n) is 10.4. The minimum absolute atomic E-state index is 0.329. The number of primary amides is 1. The molecule has 7 nitrogen and oxygen atoms in total. The highest BCUT2D eigenvalue weighted by Crippen LogP contribution is 2.39. The van der Waals surface area contributed by atoms with Crippen LogP contribution in [0.2, 0.25) is 0 Å². The smallest absolute Gasteiger partial charge is 0.237 e. The van der Waals surface area contributed by atoms with Gasteiger partial charge in [0.1, 0.15) is 6.04 Å². The normalized spacial score (nSPS) is 26.1. The van der Waals surface area contributed by atoms with Gasteiger partial charge < -0.3 is 10.8 Å². The molecule has 18 heavy (non-hydrogen) atoms. The van der Waals surface area contributed by atoms with Gasteiger partial charge in [0.15, 0.2) is 0 Å². The molecule has 2 aliphatic heterocycles. The number of hydrogen-bond acceptors (Lipinski definition) is 5. The molecule has 0 aliphatic carbocycles. The van der Waals surface area contributed by atoms with Gasteiger partial charge in [-0.25, -0.2) is 8.42 Å². The van der Waals surface area contributed by atoms with Gasteiger partial charge in [-0.05, 0) is 12.8 Å². The van der Waals surface area contributed by atoms with Gasteiger partial charge in [0, 0.05) is 19.6 Å². The second kappa shape index (κ2) is 4.44. The maximum atomic E-state index is 11.7. The Morgan fingerprint density at radius 2 is 2.11 bits per heavy atom. The number of likely N-dealkylation sites (tertiary alicyclic amines) is 1. The number of nitrogens with zero attached hydrogens (tertiary/aromatic N) is 2. The number of carbonyl (C=O) groups excluding carboxylic acids is 1. The molecule has 0 radical (unpaired) electrons. The monoisotopic (exact) mass is 277 g/mol. The summed E-state index contributed by atoms with van der Waals surface area (Å²) in [6, 6.07) is -0.711. The van der Waals surface area contributed by atoms with Gasteiger partial charge in [-0.3, -0.25) is 9.69 Å². The molecule has 0 bridgehead atoms. The van der Waals surface area contributed by atoms with Crippen molar-refractivity contribution in [1.82, 2.24) is 9.21 Å². The first-order valence-corrected chi connectivity index (χ1v) is 7.77. The van der Waals surface area contributed by atoms with Crippen LogP contribution in [-0.4, -0.2) is 72.7 Å². The number of nitrogens with two attached hydrogens (primary N) is 1. The van der Waals surface area contributed by atoms with E-state index >= 15 is 0 Å². The molecule has 1 spiro atoms. The van der Waals surface area contributed by atoms with Crippen molar-refractivity contribution >= 4 is 15.9 Å². The van der Waals surface area contributed by atoms with Crippen molar-refractivity contribution in [3.05, 3.63) is 0 Å². The summed E-state index contributed by atoms with van der Waals surface area (Å²) in [5, 5.41) is 9.11. The fraction of sp³-hybridized carbons (Fsp3) is 0.900. The van der Waals surface area contributed by atoms with E-state index in [0.717, 1.165) is 12.8 Å². The first-order chi connectivity index (χ1) is 8.30. The fourth-order valence-electron chi connectivity index (χ4n) is 3.06. The van der Waals surface area contributed by atoms with Crippen molar-refractivity contribution in [2.45, 2.75) is 24.4 Å². The Kier molecular flexibility index (Phi) is 3.39. The molecule has 1 atom stereocenters. The number of hydrogen-bond donors (Lipinski definition) is 2. The van der Waals surface area contributed by atoms with Crippen LogP contribution in [0.15, 0.2) is 0 Å². The predicted octanol–water partition coefficient (Wildman–Crippen LogP) is -2.06. The van der Waals surface area contributed by atoms with Crippen LogP contribution in [0.25, 0.3) is 0 Å². The summed E-state index contributed by atoms with van der Waals surface area (Å²) in [7, 11) is -3.22. The third-order valence-electron chi connectivity index (χ3n) is 3.87. The van der Waals surface area contributed by atoms with E-state index in [9.17, 15) is 13.2 Å². The summed E-state index contributed by atoms with van der Waals surface area (Å²) in [6.45, 7) is 1.14. The van der Waals surface area contributed by atoms with Gasteiger partial charge in [-0.1, -0.05) is 0 Å². The summed E-state index contributed by atoms with van der Waals surface area (Å²) >= 11 is 0. The van der Waals surface area contributed by atoms with Crippen molar-refractivity contribution < 1.29 is 18.3 Å². The van der Waals surface area contributed by atoms with E-state index in [1.807, 2.05) is 0 Å². The zero-order chi connectivity index (χ0) is 13.6. The molecule has 3 N–H and O–H groups in total. The molecule has 2 rings (SSSR count). The average Bonchev–Trinajstić information content (AvgIpc) is 2.60. The minimum Gasteiger partial charge on any atom is -0.394 e. The van der Waals surface area contributed by atoms with Crippen molar-refractivity contribution in [3.8, 4) is 0 Å². The molecule has 0 aromatic rings. The highest BCUT2D eigenvalue weighted by atomic mass is 32.2. The predicted molar refractivity (Wildman–Crippen MR) is 65.2 cm³/mol. The van der Waals surface area contributed by atoms with Crippen LogP contribution in [0.5, 0.6) is 0 Å². The largest absolute Gasteiger partial charge is 0.394 e. The summed E-state index contributed by atoms with van der Waals surface area (Å²) in [4.78, 5) is 12.9. The quantitative estimate of drug-likeness (QED) is 0.615. The van der Waals surface area contributed by atoms with Gasteiger partial charge in [-0.2, -0.15) is 4.31 Å². The van der Waals surface area contributed by atoms with E-state index in [0.29, 0.717) is 19.6 Å². The molecule has 2 saturated heterocycles. The third kappa shape index (κ3) is 2.13. The van der Waals surface area contributed by atoms with Gasteiger partial charge >= 0.3 is 0 Å². The standard InChI is InChI=1S/C10H19N3O4S/c1-18(16,17)13-4-2-3-10(13)6-12(7-10)8(5-14)9(11)15/h8,14H,2-7H2,1H3,(H2,11,15)/t8-/m0/s1. The molecule has 0 saturated carbocycles. The molecule has 0 unspecified atom stereocenters. The molecular weight excluding hydrogens is 258 g/mol. The molecule has 8 heteroatoms. The molecule has 0 aromatic heterocycles. The van der Waals surface area contributed by atoms with E-state index in [1.54, 1.807) is 4.90 Å². The third-order valence-corrected chi connectivity index (χ3v) is 5.24. The Morgan fingerprint density at radius 3 is 2.56 bits per heavy atom. The molecule has 1 amide bonds. The minimum atomic E-state index is -3.22. The molecule has 2 fully saturated rings. The van der Waals surface area contributed by atoms with Crippen LogP contribution >= 0.6 is 0 Å². The summed E-state index contributed by atoms with van der Waals surface area (Å²) in [5.74, 6) is -0.573. The van der Waals surface area contributed by atoms with Gasteiger partial charge in [0.05, 0.1) is 18.4 Å². The maximum absolute atomic E-state index is 11.7. The van der Waals surface area contributed by atoms with Crippen LogP contribution in [0.4, 0.5) is 0 Å². The number of amides is 1. The number of carbonyl (C=O) groups is 1. The van der Waals surface area contributed by atoms with E-state index in [-0.39, 0.29) is 6.61 Å². The van der Waals surface area contributed by atoms with Crippen LogP contribution in [0.3, 0.4) is 0 Å². The Bertz CT molecular complexity index is 444. The fourth-order valence-corrected chi connectivity index (χ4v) is 4.43. The van der Waals surface area contributed by atoms with Crippen molar-refractivity contribution in [2.24, 2.45) is 5.73 Å². The van der Waals surface area contributed by atoms with Crippen molar-refractivity contribution in [3.63, 3.8) is 0 Å². The van der Waals surface area contributed by atoms with E-state index in [4.69, 9.17) is 10.8 Å². The number of rotatable bonds is 4. The average molecular weight is 277 g/mol. The van der Waals surface area contributed by atoms with Crippen LogP contribution in [0, 0.1) is 0 Å². The highest BCUT2D eigenvalue weighted by Gasteiger charge is 2.55. The van der Waals surface area contributed by atoms with E-state index in [1.165, 1.54) is 10.6 Å². The first-order valence-electron chi connectivity index (χ1n) is 5.92. The Balaban J connectivity index is 2.08. The number of sulfonamides is 1. The SMILES string of the molecule is CS(=O)(=O)N1CCCC12CN([C@@H](CO)C(N)=O)C2. The van der Waals surface area contributed by atoms with Crippen LogP contribution in [-0.2, 0) is 14.8 Å². The van der Waals surface area contributed by atoms with E-state index in [2.05, 4.69) is 0 Å². The Morgan fingerprint density at radius 1 is 1.50 bits per heavy atom. The summed E-state index contributed by atoms with van der Waals surface area (Å²) in [6.07, 6.45) is 2.84. The lowest BCUT2D eigenvalue weighted by Crippen LogP contribution is -2.72. The van der Waals surface area contributed by atoms with Gasteiger partial charge in [0.2, 0.25) is 15.9 Å². The van der Waals surface area contributed by atoms with Crippen molar-refractivity contribution in [2.75, 3.05) is 32.5 Å². The molecule has 104 valence electrons. The molecule has 0 aromatic carbocycles. The van der Waals surface area contributed by atoms with Crippen LogP contribution < -0.4 is 5.73 Å². The summed E-state index contributed by atoms with van der Waals surface area (Å²) < 4.78 is 24.9. The topological polar surface area (TPSA) is 104 Å². The lowest BCUT2D eigenvalue weighted by Gasteiger charge is -2.53. The molecular formula is C10H19N3O4S. The van der Waals surface area contributed by atoms with Crippen molar-refractivity contribution in [1.29, 1.82) is 0 Å². The Hall–Kier alpha value is -0.700. The summed E-state index contributed by atoms with van der Waals surface area (Å²) in [5.41, 5.74) is 4.80. The molecule has 2 heterocycles. The van der Waals surface area contributed by atoms with Crippen LogP contribution in [0.1, 0.15) is 12.8 Å². The van der Waals surface area contributed by atoms with E-state index < -0.39 is 27.5 Å². The second-order valence-corrected chi connectivity index (χ2v) is 7.08.